The average molecular weight is 204 g/mol. The highest BCUT2D eigenvalue weighted by atomic mass is 15.1. The van der Waals surface area contributed by atoms with Crippen LogP contribution in [-0.4, -0.2) is 31.1 Å². The van der Waals surface area contributed by atoms with Crippen molar-refractivity contribution in [2.45, 2.75) is 25.3 Å². The van der Waals surface area contributed by atoms with E-state index in [1.165, 1.54) is 17.5 Å². The molecule has 0 bridgehead atoms. The minimum Gasteiger partial charge on any atom is -0.329 e. The second-order valence-corrected chi connectivity index (χ2v) is 4.62. The zero-order valence-corrected chi connectivity index (χ0v) is 9.61. The molecule has 2 unspecified atom stereocenters. The largest absolute Gasteiger partial charge is 0.329 e. The molecule has 2 atom stereocenters. The number of fused-ring (bicyclic) bond motifs is 1. The Bertz CT molecular complexity index is 335. The summed E-state index contributed by atoms with van der Waals surface area (Å²) in [5.41, 5.74) is 8.72. The third-order valence-electron chi connectivity index (χ3n) is 3.56. The topological polar surface area (TPSA) is 29.3 Å². The van der Waals surface area contributed by atoms with Gasteiger partial charge in [-0.3, -0.25) is 0 Å². The number of nitrogens with two attached hydrogens (primary N) is 1. The monoisotopic (exact) mass is 204 g/mol. The minimum absolute atomic E-state index is 0.484. The van der Waals surface area contributed by atoms with Crippen molar-refractivity contribution in [2.24, 2.45) is 5.73 Å². The molecule has 2 N–H and O–H groups in total. The lowest BCUT2D eigenvalue weighted by Gasteiger charge is -2.35. The van der Waals surface area contributed by atoms with Crippen LogP contribution in [-0.2, 0) is 6.42 Å². The number of benzene rings is 1. The smallest absolute Gasteiger partial charge is 0.0187 e. The highest BCUT2D eigenvalue weighted by molar-refractivity contribution is 5.40. The molecular formula is C13H20N2. The second-order valence-electron chi connectivity index (χ2n) is 4.62. The molecule has 82 valence electrons. The van der Waals surface area contributed by atoms with Crippen LogP contribution in [0.5, 0.6) is 0 Å². The molecular weight excluding hydrogens is 184 g/mol. The summed E-state index contributed by atoms with van der Waals surface area (Å²) in [6.07, 6.45) is 1.23. The maximum absolute atomic E-state index is 5.66. The van der Waals surface area contributed by atoms with Gasteiger partial charge in [0, 0.05) is 25.0 Å². The Morgan fingerprint density at radius 3 is 2.87 bits per heavy atom. The fourth-order valence-electron chi connectivity index (χ4n) is 2.23. The summed E-state index contributed by atoms with van der Waals surface area (Å²) in [4.78, 5) is 2.36. The SMILES string of the molecule is CC(CN)N(C)CC1Cc2ccccc21. The molecule has 0 amide bonds. The van der Waals surface area contributed by atoms with Gasteiger partial charge in [0.2, 0.25) is 0 Å². The van der Waals surface area contributed by atoms with Gasteiger partial charge in [0.25, 0.3) is 0 Å². The summed E-state index contributed by atoms with van der Waals surface area (Å²) in [5.74, 6) is 0.722. The van der Waals surface area contributed by atoms with E-state index in [0.717, 1.165) is 19.0 Å². The quantitative estimate of drug-likeness (QED) is 0.807. The molecule has 15 heavy (non-hydrogen) atoms. The van der Waals surface area contributed by atoms with Crippen molar-refractivity contribution in [1.82, 2.24) is 4.90 Å². The maximum atomic E-state index is 5.66. The van der Waals surface area contributed by atoms with Gasteiger partial charge in [0.1, 0.15) is 0 Å². The van der Waals surface area contributed by atoms with E-state index in [0.29, 0.717) is 6.04 Å². The third-order valence-corrected chi connectivity index (χ3v) is 3.56. The molecule has 0 fully saturated rings. The summed E-state index contributed by atoms with van der Waals surface area (Å²) in [6, 6.07) is 9.24. The predicted molar refractivity (Wildman–Crippen MR) is 64.0 cm³/mol. The molecule has 2 rings (SSSR count). The molecule has 1 aliphatic carbocycles. The van der Waals surface area contributed by atoms with Crippen molar-refractivity contribution in [2.75, 3.05) is 20.1 Å². The van der Waals surface area contributed by atoms with Crippen LogP contribution >= 0.6 is 0 Å². The summed E-state index contributed by atoms with van der Waals surface area (Å²) in [7, 11) is 2.17. The Morgan fingerprint density at radius 1 is 1.47 bits per heavy atom. The Morgan fingerprint density at radius 2 is 2.20 bits per heavy atom. The van der Waals surface area contributed by atoms with E-state index in [4.69, 9.17) is 5.73 Å². The first kappa shape index (κ1) is 10.7. The normalized spacial score (nSPS) is 20.9. The van der Waals surface area contributed by atoms with Crippen LogP contribution in [0.4, 0.5) is 0 Å². The third kappa shape index (κ3) is 2.06. The van der Waals surface area contributed by atoms with E-state index in [-0.39, 0.29) is 0 Å². The van der Waals surface area contributed by atoms with Gasteiger partial charge in [-0.25, -0.2) is 0 Å². The summed E-state index contributed by atoms with van der Waals surface area (Å²) >= 11 is 0. The highest BCUT2D eigenvalue weighted by Gasteiger charge is 2.26. The lowest BCUT2D eigenvalue weighted by molar-refractivity contribution is 0.238. The van der Waals surface area contributed by atoms with Gasteiger partial charge in [-0.15, -0.1) is 0 Å². The molecule has 1 aromatic carbocycles. The van der Waals surface area contributed by atoms with Gasteiger partial charge in [0.05, 0.1) is 0 Å². The van der Waals surface area contributed by atoms with E-state index < -0.39 is 0 Å². The van der Waals surface area contributed by atoms with Gasteiger partial charge < -0.3 is 10.6 Å². The van der Waals surface area contributed by atoms with Crippen LogP contribution in [0.25, 0.3) is 0 Å². The molecule has 0 heterocycles. The van der Waals surface area contributed by atoms with Crippen molar-refractivity contribution in [3.05, 3.63) is 35.4 Å². The van der Waals surface area contributed by atoms with Crippen molar-refractivity contribution >= 4 is 0 Å². The number of hydrogen-bond acceptors (Lipinski definition) is 2. The Hall–Kier alpha value is -0.860. The zero-order chi connectivity index (χ0) is 10.8. The first-order chi connectivity index (χ1) is 7.22. The molecule has 1 aliphatic rings. The van der Waals surface area contributed by atoms with Gasteiger partial charge in [-0.1, -0.05) is 24.3 Å². The fraction of sp³-hybridized carbons (Fsp3) is 0.538. The molecule has 2 nitrogen and oxygen atoms in total. The van der Waals surface area contributed by atoms with Crippen LogP contribution in [0.15, 0.2) is 24.3 Å². The molecule has 0 saturated heterocycles. The minimum atomic E-state index is 0.484. The van der Waals surface area contributed by atoms with Gasteiger partial charge in [0.15, 0.2) is 0 Å². The van der Waals surface area contributed by atoms with E-state index in [1.807, 2.05) is 0 Å². The number of likely N-dealkylation sites (N-methyl/N-ethyl adjacent to an activating group) is 1. The van der Waals surface area contributed by atoms with Crippen LogP contribution in [0.3, 0.4) is 0 Å². The molecule has 0 aromatic heterocycles. The first-order valence-corrected chi connectivity index (χ1v) is 5.70. The second kappa shape index (κ2) is 4.33. The summed E-state index contributed by atoms with van der Waals surface area (Å²) in [6.45, 7) is 4.06. The van der Waals surface area contributed by atoms with Crippen molar-refractivity contribution in [3.8, 4) is 0 Å². The van der Waals surface area contributed by atoms with Gasteiger partial charge in [-0.2, -0.15) is 0 Å². The Balaban J connectivity index is 1.94. The average Bonchev–Trinajstić information content (AvgIpc) is 2.24. The first-order valence-electron chi connectivity index (χ1n) is 5.70. The van der Waals surface area contributed by atoms with Gasteiger partial charge >= 0.3 is 0 Å². The van der Waals surface area contributed by atoms with Crippen LogP contribution in [0.2, 0.25) is 0 Å². The number of hydrogen-bond donors (Lipinski definition) is 1. The lowest BCUT2D eigenvalue weighted by Crippen LogP contribution is -2.40. The Kier molecular flexibility index (Phi) is 3.08. The maximum Gasteiger partial charge on any atom is 0.0187 e. The fourth-order valence-corrected chi connectivity index (χ4v) is 2.23. The number of nitrogens with zero attached hydrogens (tertiary/aromatic N) is 1. The lowest BCUT2D eigenvalue weighted by atomic mass is 9.77. The summed E-state index contributed by atoms with van der Waals surface area (Å²) in [5, 5.41) is 0. The van der Waals surface area contributed by atoms with Crippen LogP contribution in [0, 0.1) is 0 Å². The van der Waals surface area contributed by atoms with E-state index in [9.17, 15) is 0 Å². The molecule has 0 aliphatic heterocycles. The van der Waals surface area contributed by atoms with Gasteiger partial charge in [-0.05, 0) is 31.5 Å². The molecule has 2 heteroatoms. The predicted octanol–water partition coefficient (Wildman–Crippen LogP) is 1.61. The molecule has 1 aromatic rings. The summed E-state index contributed by atoms with van der Waals surface area (Å²) < 4.78 is 0. The van der Waals surface area contributed by atoms with Crippen molar-refractivity contribution in [1.29, 1.82) is 0 Å². The Labute approximate surface area is 92.1 Å². The standard InChI is InChI=1S/C13H20N2/c1-10(8-14)15(2)9-12-7-11-5-3-4-6-13(11)12/h3-6,10,12H,7-9,14H2,1-2H3. The molecule has 0 saturated carbocycles. The van der Waals surface area contributed by atoms with Crippen LogP contribution in [0.1, 0.15) is 24.0 Å². The zero-order valence-electron chi connectivity index (χ0n) is 9.61. The van der Waals surface area contributed by atoms with E-state index in [2.05, 4.69) is 43.1 Å². The number of rotatable bonds is 4. The molecule has 0 spiro atoms. The van der Waals surface area contributed by atoms with Crippen molar-refractivity contribution in [3.63, 3.8) is 0 Å². The molecule has 0 radical (unpaired) electrons. The highest BCUT2D eigenvalue weighted by Crippen LogP contribution is 2.35. The van der Waals surface area contributed by atoms with Crippen LogP contribution < -0.4 is 5.73 Å². The van der Waals surface area contributed by atoms with E-state index in [1.54, 1.807) is 0 Å². The van der Waals surface area contributed by atoms with Crippen molar-refractivity contribution < 1.29 is 0 Å². The van der Waals surface area contributed by atoms with E-state index >= 15 is 0 Å².